The molecule has 88 valence electrons. The minimum absolute atomic E-state index is 0.151. The summed E-state index contributed by atoms with van der Waals surface area (Å²) in [5.41, 5.74) is 5.02. The fourth-order valence-corrected chi connectivity index (χ4v) is 2.27. The molecule has 1 unspecified atom stereocenters. The molecule has 3 N–H and O–H groups in total. The number of nitrogens with zero attached hydrogens (tertiary/aromatic N) is 1. The van der Waals surface area contributed by atoms with E-state index in [0.717, 1.165) is 0 Å². The van der Waals surface area contributed by atoms with Gasteiger partial charge in [-0.15, -0.1) is 0 Å². The number of amides is 1. The first-order valence-electron chi connectivity index (χ1n) is 5.21. The molecular weight excluding hydrogens is 196 g/mol. The van der Waals surface area contributed by atoms with Gasteiger partial charge < -0.3 is 20.7 Å². The Bertz CT molecular complexity index is 262. The van der Waals surface area contributed by atoms with Crippen molar-refractivity contribution < 1.29 is 19.5 Å². The van der Waals surface area contributed by atoms with Crippen LogP contribution >= 0.6 is 0 Å². The molecule has 1 rings (SSSR count). The summed E-state index contributed by atoms with van der Waals surface area (Å²) in [6.45, 7) is 6.37. The zero-order chi connectivity index (χ0) is 11.9. The summed E-state index contributed by atoms with van der Waals surface area (Å²) in [4.78, 5) is 11.3. The lowest BCUT2D eigenvalue weighted by Crippen LogP contribution is -2.67. The second-order valence-corrected chi connectivity index (χ2v) is 5.33. The van der Waals surface area contributed by atoms with E-state index in [9.17, 15) is 15.0 Å². The smallest absolute Gasteiger partial charge is 0.257 e. The van der Waals surface area contributed by atoms with Crippen LogP contribution in [0.15, 0.2) is 0 Å². The van der Waals surface area contributed by atoms with Gasteiger partial charge in [-0.05, 0) is 20.8 Å². The molecule has 1 aliphatic rings. The first-order chi connectivity index (χ1) is 6.74. The van der Waals surface area contributed by atoms with E-state index in [-0.39, 0.29) is 16.9 Å². The minimum atomic E-state index is -1.13. The molecule has 5 heteroatoms. The van der Waals surface area contributed by atoms with Crippen molar-refractivity contribution in [2.24, 2.45) is 11.7 Å². The fourth-order valence-electron chi connectivity index (χ4n) is 2.27. The highest BCUT2D eigenvalue weighted by atomic mass is 16.4. The molecule has 0 aromatic carbocycles. The van der Waals surface area contributed by atoms with Crippen molar-refractivity contribution in [3.63, 3.8) is 0 Å². The molecule has 1 fully saturated rings. The second kappa shape index (κ2) is 3.73. The zero-order valence-corrected chi connectivity index (χ0v) is 9.56. The number of likely N-dealkylation sites (tertiary alicyclic amines) is 1. The van der Waals surface area contributed by atoms with Gasteiger partial charge in [-0.2, -0.15) is 0 Å². The summed E-state index contributed by atoms with van der Waals surface area (Å²) in [7, 11) is 0. The Balaban J connectivity index is 3.02. The fraction of sp³-hybridized carbons (Fsp3) is 0.900. The van der Waals surface area contributed by atoms with E-state index in [4.69, 9.17) is 5.73 Å². The first kappa shape index (κ1) is 12.4. The lowest BCUT2D eigenvalue weighted by molar-refractivity contribution is -0.911. The molecule has 0 spiro atoms. The topological polar surface area (TPSA) is 86.4 Å². The normalized spacial score (nSPS) is 36.9. The summed E-state index contributed by atoms with van der Waals surface area (Å²) in [5.74, 6) is -0.151. The predicted octanol–water partition coefficient (Wildman–Crippen LogP) is -1.11. The summed E-state index contributed by atoms with van der Waals surface area (Å²) >= 11 is 0. The molecule has 0 aromatic rings. The molecule has 0 radical (unpaired) electrons. The number of hydrogen-bond donors (Lipinski definition) is 2. The van der Waals surface area contributed by atoms with Gasteiger partial charge in [0, 0.05) is 6.54 Å². The molecule has 0 aromatic heterocycles. The van der Waals surface area contributed by atoms with Gasteiger partial charge in [0.2, 0.25) is 0 Å². The van der Waals surface area contributed by atoms with Gasteiger partial charge in [0.25, 0.3) is 6.09 Å². The maximum Gasteiger partial charge on any atom is 0.257 e. The van der Waals surface area contributed by atoms with Crippen molar-refractivity contribution in [1.29, 1.82) is 0 Å². The zero-order valence-electron chi connectivity index (χ0n) is 9.56. The van der Waals surface area contributed by atoms with Crippen molar-refractivity contribution in [3.8, 4) is 0 Å². The molecule has 15 heavy (non-hydrogen) atoms. The Morgan fingerprint density at radius 3 is 2.27 bits per heavy atom. The predicted molar refractivity (Wildman–Crippen MR) is 53.7 cm³/mol. The van der Waals surface area contributed by atoms with Crippen LogP contribution in [-0.2, 0) is 0 Å². The van der Waals surface area contributed by atoms with Crippen LogP contribution in [0.3, 0.4) is 0 Å². The van der Waals surface area contributed by atoms with Crippen molar-refractivity contribution >= 4 is 6.09 Å². The summed E-state index contributed by atoms with van der Waals surface area (Å²) in [6.07, 6.45) is -1.77. The minimum Gasteiger partial charge on any atom is -0.498 e. The number of quaternary nitrogens is 1. The van der Waals surface area contributed by atoms with E-state index in [2.05, 4.69) is 0 Å². The molecular formula is C10H20N2O3. The van der Waals surface area contributed by atoms with E-state index in [1.165, 1.54) is 0 Å². The molecule has 1 heterocycles. The average Bonchev–Trinajstić information content (AvgIpc) is 2.42. The Morgan fingerprint density at radius 1 is 1.53 bits per heavy atom. The van der Waals surface area contributed by atoms with Crippen LogP contribution in [0.5, 0.6) is 0 Å². The number of hydrogen-bond acceptors (Lipinski definition) is 4. The van der Waals surface area contributed by atoms with Gasteiger partial charge in [-0.3, -0.25) is 4.48 Å². The van der Waals surface area contributed by atoms with E-state index in [0.29, 0.717) is 13.1 Å². The Labute approximate surface area is 90.1 Å². The van der Waals surface area contributed by atoms with Gasteiger partial charge >= 0.3 is 0 Å². The molecule has 1 saturated heterocycles. The number of aliphatic hydroxyl groups excluding tert-OH is 1. The third-order valence-electron chi connectivity index (χ3n) is 3.53. The lowest BCUT2D eigenvalue weighted by Gasteiger charge is -2.45. The Kier molecular flexibility index (Phi) is 3.09. The van der Waals surface area contributed by atoms with Crippen molar-refractivity contribution in [3.05, 3.63) is 0 Å². The maximum absolute atomic E-state index is 11.3. The van der Waals surface area contributed by atoms with Gasteiger partial charge in [0.15, 0.2) is 0 Å². The summed E-state index contributed by atoms with van der Waals surface area (Å²) in [6, 6.07) is 0. The molecule has 0 bridgehead atoms. The van der Waals surface area contributed by atoms with Gasteiger partial charge in [-0.25, -0.2) is 0 Å². The van der Waals surface area contributed by atoms with Crippen LogP contribution in [0.25, 0.3) is 0 Å². The average molecular weight is 216 g/mol. The maximum atomic E-state index is 11.3. The van der Waals surface area contributed by atoms with Crippen LogP contribution in [0.1, 0.15) is 20.8 Å². The van der Waals surface area contributed by atoms with Crippen LogP contribution < -0.4 is 10.8 Å². The molecule has 0 saturated carbocycles. The van der Waals surface area contributed by atoms with Crippen LogP contribution in [0, 0.1) is 5.92 Å². The third-order valence-corrected chi connectivity index (χ3v) is 3.53. The van der Waals surface area contributed by atoms with E-state index >= 15 is 0 Å². The monoisotopic (exact) mass is 216 g/mol. The Hall–Kier alpha value is -0.650. The molecule has 3 atom stereocenters. The largest absolute Gasteiger partial charge is 0.498 e. The van der Waals surface area contributed by atoms with Crippen molar-refractivity contribution in [2.45, 2.75) is 32.4 Å². The highest BCUT2D eigenvalue weighted by Crippen LogP contribution is 2.33. The molecule has 5 nitrogen and oxygen atoms in total. The molecule has 0 aliphatic carbocycles. The van der Waals surface area contributed by atoms with E-state index in [1.807, 2.05) is 20.8 Å². The molecule has 1 amide bonds. The van der Waals surface area contributed by atoms with E-state index in [1.54, 1.807) is 0 Å². The highest BCUT2D eigenvalue weighted by Gasteiger charge is 2.52. The standard InChI is InChI=1S/C10H20N2O3/c1-10(2,3)12(9(14)15)5-7(4-11)8(13)6-12/h7-8,13H,4-6,11H2,1-3H3/t7-,8?,12+/m0/s1. The number of carbonyl (C=O) groups excluding carboxylic acids is 1. The van der Waals surface area contributed by atoms with Crippen LogP contribution in [-0.4, -0.2) is 47.0 Å². The lowest BCUT2D eigenvalue weighted by atomic mass is 10.0. The van der Waals surface area contributed by atoms with Crippen molar-refractivity contribution in [1.82, 2.24) is 0 Å². The summed E-state index contributed by atoms with van der Waals surface area (Å²) < 4.78 is -0.212. The SMILES string of the molecule is CC(C)(C)[N@@+]1(C(=O)[O-])CC(O)[C@@H](CN)C1. The molecule has 1 aliphatic heterocycles. The van der Waals surface area contributed by atoms with Gasteiger partial charge in [0.05, 0.1) is 18.0 Å². The van der Waals surface area contributed by atoms with Crippen LogP contribution in [0.2, 0.25) is 0 Å². The first-order valence-corrected chi connectivity index (χ1v) is 5.21. The number of aliphatic hydroxyl groups is 1. The number of nitrogens with two attached hydrogens (primary N) is 1. The van der Waals surface area contributed by atoms with Crippen LogP contribution in [0.4, 0.5) is 4.79 Å². The second-order valence-electron chi connectivity index (χ2n) is 5.33. The van der Waals surface area contributed by atoms with Crippen molar-refractivity contribution in [2.75, 3.05) is 19.6 Å². The number of rotatable bonds is 1. The van der Waals surface area contributed by atoms with Gasteiger partial charge in [0.1, 0.15) is 12.6 Å². The number of carboxylic acid groups (broad SMARTS) is 1. The van der Waals surface area contributed by atoms with Gasteiger partial charge in [-0.1, -0.05) is 0 Å². The Morgan fingerprint density at radius 2 is 2.07 bits per heavy atom. The van der Waals surface area contributed by atoms with E-state index < -0.39 is 17.7 Å². The quantitative estimate of drug-likeness (QED) is 0.544. The number of carbonyl (C=O) groups is 1. The summed E-state index contributed by atoms with van der Waals surface area (Å²) in [5, 5.41) is 21.0. The third kappa shape index (κ3) is 1.87. The highest BCUT2D eigenvalue weighted by molar-refractivity contribution is 5.55.